The van der Waals surface area contributed by atoms with Gasteiger partial charge in [0.1, 0.15) is 0 Å². The summed E-state index contributed by atoms with van der Waals surface area (Å²) in [5.41, 5.74) is 1.69. The number of hydrogen-bond donors (Lipinski definition) is 1. The Bertz CT molecular complexity index is 287. The summed E-state index contributed by atoms with van der Waals surface area (Å²) in [6.45, 7) is 16.8. The molecule has 0 aliphatic heterocycles. The van der Waals surface area contributed by atoms with Gasteiger partial charge >= 0.3 is 0 Å². The molecule has 3 unspecified atom stereocenters. The second-order valence-corrected chi connectivity index (χ2v) is 7.93. The molecule has 1 fully saturated rings. The molecule has 1 saturated carbocycles. The first kappa shape index (κ1) is 17.8. The topological polar surface area (TPSA) is 12.0 Å². The SMILES string of the molecule is C=C(CC)CC1CC(CCC)CCC1CNC(C)(C)C. The minimum absolute atomic E-state index is 0.243. The van der Waals surface area contributed by atoms with Gasteiger partial charge in [-0.1, -0.05) is 45.3 Å². The van der Waals surface area contributed by atoms with Gasteiger partial charge in [-0.25, -0.2) is 0 Å². The van der Waals surface area contributed by atoms with Crippen LogP contribution in [0.2, 0.25) is 0 Å². The van der Waals surface area contributed by atoms with Crippen LogP contribution in [0.25, 0.3) is 0 Å². The molecule has 0 aromatic heterocycles. The molecule has 1 aliphatic rings. The summed E-state index contributed by atoms with van der Waals surface area (Å²) in [4.78, 5) is 0. The van der Waals surface area contributed by atoms with Gasteiger partial charge < -0.3 is 5.32 Å². The van der Waals surface area contributed by atoms with E-state index in [0.29, 0.717) is 0 Å². The molecular weight excluding hydrogens is 242 g/mol. The molecule has 1 nitrogen and oxygen atoms in total. The highest BCUT2D eigenvalue weighted by Gasteiger charge is 2.30. The van der Waals surface area contributed by atoms with E-state index in [1.54, 1.807) is 0 Å². The fourth-order valence-electron chi connectivity index (χ4n) is 3.57. The summed E-state index contributed by atoms with van der Waals surface area (Å²) in [6.07, 6.45) is 9.46. The number of rotatable bonds is 7. The second-order valence-electron chi connectivity index (χ2n) is 7.93. The first-order chi connectivity index (χ1) is 9.35. The van der Waals surface area contributed by atoms with Gasteiger partial charge in [-0.05, 0) is 70.8 Å². The van der Waals surface area contributed by atoms with Gasteiger partial charge in [0.25, 0.3) is 0 Å². The van der Waals surface area contributed by atoms with Gasteiger partial charge in [0, 0.05) is 5.54 Å². The van der Waals surface area contributed by atoms with E-state index in [0.717, 1.165) is 24.2 Å². The number of hydrogen-bond acceptors (Lipinski definition) is 1. The van der Waals surface area contributed by atoms with Gasteiger partial charge in [0.05, 0.1) is 0 Å². The quantitative estimate of drug-likeness (QED) is 0.601. The van der Waals surface area contributed by atoms with Crippen LogP contribution in [0.15, 0.2) is 12.2 Å². The van der Waals surface area contributed by atoms with Gasteiger partial charge in [0.2, 0.25) is 0 Å². The molecule has 1 rings (SSSR count). The molecule has 1 N–H and O–H groups in total. The summed E-state index contributed by atoms with van der Waals surface area (Å²) in [6, 6.07) is 0. The minimum Gasteiger partial charge on any atom is -0.312 e. The number of allylic oxidation sites excluding steroid dienone is 1. The molecule has 1 aliphatic carbocycles. The standard InChI is InChI=1S/C19H37N/c1-7-9-16-10-11-17(14-20-19(4,5)6)18(13-16)12-15(3)8-2/h16-18,20H,3,7-14H2,1-2,4-6H3. The summed E-state index contributed by atoms with van der Waals surface area (Å²) in [5, 5.41) is 3.73. The lowest BCUT2D eigenvalue weighted by Gasteiger charge is -2.38. The van der Waals surface area contributed by atoms with E-state index in [2.05, 4.69) is 46.5 Å². The molecule has 0 aromatic carbocycles. The Hall–Kier alpha value is -0.300. The maximum Gasteiger partial charge on any atom is 0.00966 e. The van der Waals surface area contributed by atoms with Crippen LogP contribution >= 0.6 is 0 Å². The van der Waals surface area contributed by atoms with Crippen molar-refractivity contribution >= 4 is 0 Å². The highest BCUT2D eigenvalue weighted by atomic mass is 14.9. The molecule has 0 amide bonds. The molecule has 0 heterocycles. The van der Waals surface area contributed by atoms with Crippen LogP contribution in [0.3, 0.4) is 0 Å². The van der Waals surface area contributed by atoms with Crippen molar-refractivity contribution in [1.29, 1.82) is 0 Å². The van der Waals surface area contributed by atoms with Crippen molar-refractivity contribution in [3.63, 3.8) is 0 Å². The normalized spacial score (nSPS) is 27.6. The largest absolute Gasteiger partial charge is 0.312 e. The van der Waals surface area contributed by atoms with E-state index in [-0.39, 0.29) is 5.54 Å². The smallest absolute Gasteiger partial charge is 0.00966 e. The zero-order chi connectivity index (χ0) is 15.2. The Balaban J connectivity index is 2.58. The van der Waals surface area contributed by atoms with Crippen molar-refractivity contribution in [3.8, 4) is 0 Å². The second kappa shape index (κ2) is 8.22. The lowest BCUT2D eigenvalue weighted by molar-refractivity contribution is 0.159. The van der Waals surface area contributed by atoms with E-state index >= 15 is 0 Å². The Kier molecular flexibility index (Phi) is 7.29. The molecule has 1 heteroatoms. The molecule has 0 bridgehead atoms. The van der Waals surface area contributed by atoms with Crippen LogP contribution in [-0.2, 0) is 0 Å². The first-order valence-electron chi connectivity index (χ1n) is 8.77. The van der Waals surface area contributed by atoms with Crippen molar-refractivity contribution in [2.45, 2.75) is 85.1 Å². The Morgan fingerprint density at radius 2 is 1.85 bits per heavy atom. The van der Waals surface area contributed by atoms with Gasteiger partial charge in [-0.3, -0.25) is 0 Å². The molecule has 0 radical (unpaired) electrons. The van der Waals surface area contributed by atoms with Gasteiger partial charge in [-0.15, -0.1) is 0 Å². The molecule has 0 saturated heterocycles. The fourth-order valence-corrected chi connectivity index (χ4v) is 3.57. The van der Waals surface area contributed by atoms with Crippen LogP contribution in [0.1, 0.15) is 79.6 Å². The molecule has 0 aromatic rings. The molecule has 3 atom stereocenters. The predicted octanol–water partition coefficient (Wildman–Crippen LogP) is 5.56. The third-order valence-corrected chi connectivity index (χ3v) is 4.89. The van der Waals surface area contributed by atoms with E-state index in [1.165, 1.54) is 50.6 Å². The summed E-state index contributed by atoms with van der Waals surface area (Å²) >= 11 is 0. The number of nitrogens with one attached hydrogen (secondary N) is 1. The summed E-state index contributed by atoms with van der Waals surface area (Å²) in [7, 11) is 0. The highest BCUT2D eigenvalue weighted by Crippen LogP contribution is 2.39. The van der Waals surface area contributed by atoms with E-state index in [1.807, 2.05) is 0 Å². The average Bonchev–Trinajstić information content (AvgIpc) is 2.37. The Morgan fingerprint density at radius 1 is 1.15 bits per heavy atom. The van der Waals surface area contributed by atoms with Crippen LogP contribution in [0.5, 0.6) is 0 Å². The van der Waals surface area contributed by atoms with Crippen molar-refractivity contribution < 1.29 is 0 Å². The van der Waals surface area contributed by atoms with E-state index < -0.39 is 0 Å². The van der Waals surface area contributed by atoms with E-state index in [4.69, 9.17) is 0 Å². The minimum atomic E-state index is 0.243. The Morgan fingerprint density at radius 3 is 2.40 bits per heavy atom. The van der Waals surface area contributed by atoms with Gasteiger partial charge in [-0.2, -0.15) is 0 Å². The molecule has 20 heavy (non-hydrogen) atoms. The van der Waals surface area contributed by atoms with Crippen molar-refractivity contribution in [2.24, 2.45) is 17.8 Å². The van der Waals surface area contributed by atoms with E-state index in [9.17, 15) is 0 Å². The van der Waals surface area contributed by atoms with Crippen LogP contribution in [-0.4, -0.2) is 12.1 Å². The Labute approximate surface area is 127 Å². The summed E-state index contributed by atoms with van der Waals surface area (Å²) < 4.78 is 0. The highest BCUT2D eigenvalue weighted by molar-refractivity contribution is 4.97. The monoisotopic (exact) mass is 279 g/mol. The first-order valence-corrected chi connectivity index (χ1v) is 8.77. The zero-order valence-electron chi connectivity index (χ0n) is 14.6. The average molecular weight is 280 g/mol. The maximum absolute atomic E-state index is 4.26. The summed E-state index contributed by atoms with van der Waals surface area (Å²) in [5.74, 6) is 2.69. The lowest BCUT2D eigenvalue weighted by atomic mass is 9.70. The van der Waals surface area contributed by atoms with Crippen molar-refractivity contribution in [2.75, 3.05) is 6.54 Å². The zero-order valence-corrected chi connectivity index (χ0v) is 14.6. The predicted molar refractivity (Wildman–Crippen MR) is 91.0 cm³/mol. The maximum atomic E-state index is 4.26. The van der Waals surface area contributed by atoms with Crippen LogP contribution in [0, 0.1) is 17.8 Å². The van der Waals surface area contributed by atoms with Crippen LogP contribution < -0.4 is 5.32 Å². The molecule has 118 valence electrons. The lowest BCUT2D eigenvalue weighted by Crippen LogP contribution is -2.42. The van der Waals surface area contributed by atoms with Crippen LogP contribution in [0.4, 0.5) is 0 Å². The van der Waals surface area contributed by atoms with Crippen molar-refractivity contribution in [3.05, 3.63) is 12.2 Å². The van der Waals surface area contributed by atoms with Gasteiger partial charge in [0.15, 0.2) is 0 Å². The van der Waals surface area contributed by atoms with Crippen molar-refractivity contribution in [1.82, 2.24) is 5.32 Å². The fraction of sp³-hybridized carbons (Fsp3) is 0.895. The molecular formula is C19H37N. The third-order valence-electron chi connectivity index (χ3n) is 4.89. The molecule has 0 spiro atoms. The third kappa shape index (κ3) is 6.43.